The van der Waals surface area contributed by atoms with Crippen molar-refractivity contribution in [2.45, 2.75) is 33.2 Å². The number of nitrogens with one attached hydrogen (secondary N) is 1. The van der Waals surface area contributed by atoms with Crippen LogP contribution in [-0.4, -0.2) is 11.7 Å². The van der Waals surface area contributed by atoms with Crippen molar-refractivity contribution in [1.82, 2.24) is 10.5 Å². The second-order valence-corrected chi connectivity index (χ2v) is 4.91. The molecule has 16 heavy (non-hydrogen) atoms. The van der Waals surface area contributed by atoms with Gasteiger partial charge < -0.3 is 9.84 Å². The van der Waals surface area contributed by atoms with Crippen LogP contribution in [0.4, 0.5) is 0 Å². The lowest BCUT2D eigenvalue weighted by atomic mass is 9.84. The molecule has 0 aliphatic heterocycles. The normalized spacial score (nSPS) is 25.5. The lowest BCUT2D eigenvalue weighted by molar-refractivity contribution is 0.347. The SMILES string of the molecule is CC1=CC(C)CC(CNCc2ccno2)C1. The van der Waals surface area contributed by atoms with E-state index in [1.54, 1.807) is 6.20 Å². The Bertz CT molecular complexity index is 343. The van der Waals surface area contributed by atoms with Crippen molar-refractivity contribution < 1.29 is 4.52 Å². The minimum absolute atomic E-state index is 0.728. The Labute approximate surface area is 96.9 Å². The fourth-order valence-electron chi connectivity index (χ4n) is 2.57. The Balaban J connectivity index is 1.73. The van der Waals surface area contributed by atoms with Crippen molar-refractivity contribution in [3.63, 3.8) is 0 Å². The third-order valence-electron chi connectivity index (χ3n) is 3.11. The molecule has 1 aliphatic carbocycles. The molecular weight excluding hydrogens is 200 g/mol. The summed E-state index contributed by atoms with van der Waals surface area (Å²) in [5.41, 5.74) is 1.53. The fourth-order valence-corrected chi connectivity index (χ4v) is 2.57. The molecule has 0 fully saturated rings. The summed E-state index contributed by atoms with van der Waals surface area (Å²) in [5.74, 6) is 2.41. The summed E-state index contributed by atoms with van der Waals surface area (Å²) in [7, 11) is 0. The van der Waals surface area contributed by atoms with E-state index in [-0.39, 0.29) is 0 Å². The van der Waals surface area contributed by atoms with Gasteiger partial charge in [-0.3, -0.25) is 0 Å². The molecule has 0 spiro atoms. The van der Waals surface area contributed by atoms with Crippen LogP contribution in [0, 0.1) is 11.8 Å². The van der Waals surface area contributed by atoms with E-state index in [1.807, 2.05) is 6.07 Å². The van der Waals surface area contributed by atoms with Crippen LogP contribution in [0.25, 0.3) is 0 Å². The van der Waals surface area contributed by atoms with Gasteiger partial charge in [0.15, 0.2) is 0 Å². The van der Waals surface area contributed by atoms with E-state index in [2.05, 4.69) is 30.4 Å². The molecule has 0 saturated heterocycles. The van der Waals surface area contributed by atoms with Crippen LogP contribution in [0.3, 0.4) is 0 Å². The number of hydrogen-bond acceptors (Lipinski definition) is 3. The first kappa shape index (κ1) is 11.4. The molecule has 0 aromatic carbocycles. The Morgan fingerprint density at radius 2 is 2.44 bits per heavy atom. The standard InChI is InChI=1S/C13H20N2O/c1-10-5-11(2)7-12(6-10)8-14-9-13-3-4-15-16-13/h3-5,10,12,14H,6-9H2,1-2H3. The smallest absolute Gasteiger partial charge is 0.150 e. The summed E-state index contributed by atoms with van der Waals surface area (Å²) >= 11 is 0. The van der Waals surface area contributed by atoms with Gasteiger partial charge in [-0.15, -0.1) is 0 Å². The predicted octanol–water partition coefficient (Wildman–Crippen LogP) is 2.76. The monoisotopic (exact) mass is 220 g/mol. The van der Waals surface area contributed by atoms with Gasteiger partial charge in [-0.25, -0.2) is 0 Å². The molecule has 2 atom stereocenters. The molecule has 1 aliphatic rings. The molecule has 1 N–H and O–H groups in total. The van der Waals surface area contributed by atoms with E-state index < -0.39 is 0 Å². The maximum atomic E-state index is 5.04. The number of rotatable bonds is 4. The summed E-state index contributed by atoms with van der Waals surface area (Å²) in [6.07, 6.45) is 6.61. The topological polar surface area (TPSA) is 38.1 Å². The highest BCUT2D eigenvalue weighted by molar-refractivity contribution is 5.06. The maximum Gasteiger partial charge on any atom is 0.150 e. The molecule has 1 heterocycles. The molecular formula is C13H20N2O. The van der Waals surface area contributed by atoms with E-state index in [0.717, 1.165) is 30.7 Å². The molecule has 2 unspecified atom stereocenters. The molecule has 0 radical (unpaired) electrons. The minimum Gasteiger partial charge on any atom is -0.360 e. The molecule has 1 aromatic heterocycles. The van der Waals surface area contributed by atoms with Gasteiger partial charge in [0.2, 0.25) is 0 Å². The van der Waals surface area contributed by atoms with Crippen LogP contribution < -0.4 is 5.32 Å². The zero-order chi connectivity index (χ0) is 11.4. The van der Waals surface area contributed by atoms with E-state index >= 15 is 0 Å². The Morgan fingerprint density at radius 1 is 1.56 bits per heavy atom. The van der Waals surface area contributed by atoms with E-state index in [0.29, 0.717) is 0 Å². The van der Waals surface area contributed by atoms with Crippen molar-refractivity contribution in [2.24, 2.45) is 11.8 Å². The van der Waals surface area contributed by atoms with Gasteiger partial charge in [0.05, 0.1) is 12.7 Å². The Kier molecular flexibility index (Phi) is 3.78. The predicted molar refractivity (Wildman–Crippen MR) is 63.9 cm³/mol. The molecule has 0 saturated carbocycles. The van der Waals surface area contributed by atoms with Gasteiger partial charge in [-0.05, 0) is 38.1 Å². The van der Waals surface area contributed by atoms with Crippen molar-refractivity contribution in [2.75, 3.05) is 6.54 Å². The van der Waals surface area contributed by atoms with Crippen molar-refractivity contribution in [3.05, 3.63) is 29.7 Å². The van der Waals surface area contributed by atoms with Crippen LogP contribution in [0.1, 0.15) is 32.4 Å². The summed E-state index contributed by atoms with van der Waals surface area (Å²) in [6, 6.07) is 1.90. The minimum atomic E-state index is 0.728. The lowest BCUT2D eigenvalue weighted by Gasteiger charge is -2.25. The lowest BCUT2D eigenvalue weighted by Crippen LogP contribution is -2.25. The Hall–Kier alpha value is -1.09. The Morgan fingerprint density at radius 3 is 3.12 bits per heavy atom. The van der Waals surface area contributed by atoms with Crippen molar-refractivity contribution >= 4 is 0 Å². The highest BCUT2D eigenvalue weighted by Crippen LogP contribution is 2.27. The maximum absolute atomic E-state index is 5.04. The molecule has 1 aromatic rings. The van der Waals surface area contributed by atoms with Crippen molar-refractivity contribution in [3.8, 4) is 0 Å². The largest absolute Gasteiger partial charge is 0.360 e. The number of hydrogen-bond donors (Lipinski definition) is 1. The molecule has 2 rings (SSSR count). The molecule has 3 heteroatoms. The van der Waals surface area contributed by atoms with Crippen molar-refractivity contribution in [1.29, 1.82) is 0 Å². The summed E-state index contributed by atoms with van der Waals surface area (Å²) in [6.45, 7) is 6.38. The second-order valence-electron chi connectivity index (χ2n) is 4.91. The molecule has 0 amide bonds. The fraction of sp³-hybridized carbons (Fsp3) is 0.615. The molecule has 88 valence electrons. The summed E-state index contributed by atoms with van der Waals surface area (Å²) in [5, 5.41) is 7.13. The first-order chi connectivity index (χ1) is 7.74. The molecule has 3 nitrogen and oxygen atoms in total. The van der Waals surface area contributed by atoms with Gasteiger partial charge >= 0.3 is 0 Å². The van der Waals surface area contributed by atoms with E-state index in [4.69, 9.17) is 4.52 Å². The van der Waals surface area contributed by atoms with E-state index in [1.165, 1.54) is 18.4 Å². The quantitative estimate of drug-likeness (QED) is 0.793. The van der Waals surface area contributed by atoms with Gasteiger partial charge in [-0.2, -0.15) is 0 Å². The number of aromatic nitrogens is 1. The van der Waals surface area contributed by atoms with Crippen LogP contribution in [0.15, 0.2) is 28.4 Å². The van der Waals surface area contributed by atoms with E-state index in [9.17, 15) is 0 Å². The highest BCUT2D eigenvalue weighted by atomic mass is 16.5. The number of nitrogens with zero attached hydrogens (tertiary/aromatic N) is 1. The van der Waals surface area contributed by atoms with Crippen LogP contribution in [-0.2, 0) is 6.54 Å². The summed E-state index contributed by atoms with van der Waals surface area (Å²) < 4.78 is 5.04. The second kappa shape index (κ2) is 5.30. The van der Waals surface area contributed by atoms with Crippen LogP contribution >= 0.6 is 0 Å². The average Bonchev–Trinajstić information content (AvgIpc) is 2.69. The first-order valence-corrected chi connectivity index (χ1v) is 6.01. The number of allylic oxidation sites excluding steroid dienone is 2. The first-order valence-electron chi connectivity index (χ1n) is 6.01. The summed E-state index contributed by atoms with van der Waals surface area (Å²) in [4.78, 5) is 0. The van der Waals surface area contributed by atoms with Gasteiger partial charge in [-0.1, -0.05) is 23.7 Å². The zero-order valence-corrected chi connectivity index (χ0v) is 10.1. The average molecular weight is 220 g/mol. The van der Waals surface area contributed by atoms with Crippen LogP contribution in [0.2, 0.25) is 0 Å². The van der Waals surface area contributed by atoms with Gasteiger partial charge in [0.25, 0.3) is 0 Å². The highest BCUT2D eigenvalue weighted by Gasteiger charge is 2.17. The van der Waals surface area contributed by atoms with Gasteiger partial charge in [0, 0.05) is 6.07 Å². The van der Waals surface area contributed by atoms with Gasteiger partial charge in [0.1, 0.15) is 5.76 Å². The van der Waals surface area contributed by atoms with Crippen LogP contribution in [0.5, 0.6) is 0 Å². The third kappa shape index (κ3) is 3.20. The third-order valence-corrected chi connectivity index (χ3v) is 3.11. The zero-order valence-electron chi connectivity index (χ0n) is 10.1. The molecule has 0 bridgehead atoms.